The summed E-state index contributed by atoms with van der Waals surface area (Å²) in [6, 6.07) is 7.12. The van der Waals surface area contributed by atoms with E-state index < -0.39 is 50.7 Å². The highest BCUT2D eigenvalue weighted by molar-refractivity contribution is 7.91. The highest BCUT2D eigenvalue weighted by atomic mass is 32.2. The van der Waals surface area contributed by atoms with Crippen molar-refractivity contribution in [2.24, 2.45) is 11.8 Å². The SMILES string of the molecule is C=C1C[C@H](CCC2OCCO2)O[C@H]1CC[C@H]1C[C@@H](C)C(=C)[C@@H](C[C@@H]2O[C@H](CC(CO[Si](C)(C)C(C)(C)C)O[Si](C)(C)C(C)(C)C)[C@H](OC)[C@H]2CS(=O)(=O)c2ccc(C)cc2)O1. The summed E-state index contributed by atoms with van der Waals surface area (Å²) in [4.78, 5) is 0.308. The van der Waals surface area contributed by atoms with Crippen LogP contribution in [0.25, 0.3) is 0 Å². The number of ether oxygens (including phenoxy) is 6. The van der Waals surface area contributed by atoms with Gasteiger partial charge in [0.05, 0.1) is 79.3 Å². The lowest BCUT2D eigenvalue weighted by atomic mass is 9.83. The summed E-state index contributed by atoms with van der Waals surface area (Å²) in [5.74, 6) is -0.324. The molecule has 4 aliphatic rings. The number of rotatable bonds is 19. The summed E-state index contributed by atoms with van der Waals surface area (Å²) in [6.07, 6.45) is 4.20. The van der Waals surface area contributed by atoms with Crippen LogP contribution in [0.4, 0.5) is 0 Å². The van der Waals surface area contributed by atoms with E-state index in [1.54, 1.807) is 19.2 Å². The first-order chi connectivity index (χ1) is 28.3. The minimum absolute atomic E-state index is 0.00116. The van der Waals surface area contributed by atoms with E-state index in [0.29, 0.717) is 37.6 Å². The molecule has 10 atom stereocenters. The van der Waals surface area contributed by atoms with E-state index in [0.717, 1.165) is 55.2 Å². The molecule has 10 nitrogen and oxygen atoms in total. The number of sulfone groups is 1. The predicted molar refractivity (Wildman–Crippen MR) is 249 cm³/mol. The predicted octanol–water partition coefficient (Wildman–Crippen LogP) is 10.4. The van der Waals surface area contributed by atoms with Crippen LogP contribution in [0.5, 0.6) is 0 Å². The van der Waals surface area contributed by atoms with E-state index in [4.69, 9.17) is 37.3 Å². The molecular weight excluding hydrogens is 825 g/mol. The van der Waals surface area contributed by atoms with Gasteiger partial charge in [0.15, 0.2) is 32.8 Å². The van der Waals surface area contributed by atoms with Gasteiger partial charge in [-0.25, -0.2) is 8.42 Å². The van der Waals surface area contributed by atoms with Crippen LogP contribution >= 0.6 is 0 Å². The lowest BCUT2D eigenvalue weighted by molar-refractivity contribution is -0.0791. The van der Waals surface area contributed by atoms with Gasteiger partial charge in [-0.05, 0) is 104 Å². The molecule has 0 bridgehead atoms. The summed E-state index contributed by atoms with van der Waals surface area (Å²) in [6.45, 7) is 37.4. The normalized spacial score (nSPS) is 30.4. The highest BCUT2D eigenvalue weighted by Gasteiger charge is 2.50. The fourth-order valence-corrected chi connectivity index (χ4v) is 12.8. The standard InChI is InChI=1S/C48H82O10SSi2/c1-32-16-20-39(21-17-32)59(49,50)31-40-43(57-44(46(40)51-11)28-38(58-61(14,15)48(8,9)10)30-54-60(12,13)47(5,6)7)29-42-35(4)33(2)26-36(56-42)18-22-41-34(3)27-37(55-41)19-23-45-52-24-25-53-45/h16-17,20-21,33,36-38,40-46H,3-4,18-19,22-31H2,1-2,5-15H3/t33-,36+,37+,38?,40+,41+,42-,43+,44-,46-/m1/s1. The van der Waals surface area contributed by atoms with Gasteiger partial charge in [-0.1, -0.05) is 79.3 Å². The third kappa shape index (κ3) is 13.2. The molecule has 0 radical (unpaired) electrons. The molecule has 13 heteroatoms. The third-order valence-electron chi connectivity index (χ3n) is 14.8. The maximum Gasteiger partial charge on any atom is 0.192 e. The number of aryl methyl sites for hydroxylation is 1. The molecule has 348 valence electrons. The molecule has 5 rings (SSSR count). The Labute approximate surface area is 372 Å². The van der Waals surface area contributed by atoms with Crippen LogP contribution in [-0.2, 0) is 47.1 Å². The Morgan fingerprint density at radius 1 is 0.820 bits per heavy atom. The Morgan fingerprint density at radius 3 is 2.03 bits per heavy atom. The first kappa shape index (κ1) is 50.8. The van der Waals surface area contributed by atoms with Gasteiger partial charge in [0.2, 0.25) is 0 Å². The highest BCUT2D eigenvalue weighted by Crippen LogP contribution is 2.44. The maximum atomic E-state index is 14.2. The van der Waals surface area contributed by atoms with Crippen LogP contribution in [0, 0.1) is 18.8 Å². The minimum Gasteiger partial charge on any atom is -0.414 e. The van der Waals surface area contributed by atoms with Crippen molar-refractivity contribution in [3.63, 3.8) is 0 Å². The lowest BCUT2D eigenvalue weighted by Gasteiger charge is -2.42. The van der Waals surface area contributed by atoms with Crippen molar-refractivity contribution in [2.75, 3.05) is 32.7 Å². The van der Waals surface area contributed by atoms with E-state index in [1.807, 2.05) is 19.1 Å². The zero-order valence-corrected chi connectivity index (χ0v) is 42.9. The van der Waals surface area contributed by atoms with Crippen LogP contribution in [-0.4, -0.2) is 113 Å². The van der Waals surface area contributed by atoms with E-state index in [1.165, 1.54) is 0 Å². The molecule has 1 unspecified atom stereocenters. The Hall–Kier alpha value is -1.24. The van der Waals surface area contributed by atoms with Gasteiger partial charge in [0, 0.05) is 32.3 Å². The van der Waals surface area contributed by atoms with E-state index in [-0.39, 0.29) is 58.6 Å². The second-order valence-electron chi connectivity index (χ2n) is 21.6. The van der Waals surface area contributed by atoms with Gasteiger partial charge in [-0.15, -0.1) is 0 Å². The van der Waals surface area contributed by atoms with Crippen LogP contribution in [0.15, 0.2) is 53.5 Å². The Bertz CT molecular complexity index is 1710. The Morgan fingerprint density at radius 2 is 1.43 bits per heavy atom. The quantitative estimate of drug-likeness (QED) is 0.0984. The third-order valence-corrected chi connectivity index (χ3v) is 25.7. The van der Waals surface area contributed by atoms with Crippen LogP contribution in [0.2, 0.25) is 36.3 Å². The summed E-state index contributed by atoms with van der Waals surface area (Å²) in [5, 5.41) is 0.0172. The van der Waals surface area contributed by atoms with E-state index in [2.05, 4.69) is 87.8 Å². The summed E-state index contributed by atoms with van der Waals surface area (Å²) in [5.41, 5.74) is 3.17. The van der Waals surface area contributed by atoms with E-state index in [9.17, 15) is 8.42 Å². The van der Waals surface area contributed by atoms with Crippen LogP contribution < -0.4 is 0 Å². The van der Waals surface area contributed by atoms with Crippen molar-refractivity contribution in [2.45, 2.75) is 203 Å². The molecule has 4 fully saturated rings. The topological polar surface area (TPSA) is 108 Å². The molecule has 0 aliphatic carbocycles. The van der Waals surface area contributed by atoms with Gasteiger partial charge < -0.3 is 37.3 Å². The molecule has 1 aromatic carbocycles. The molecule has 1 aromatic rings. The van der Waals surface area contributed by atoms with Crippen LogP contribution in [0.1, 0.15) is 105 Å². The smallest absolute Gasteiger partial charge is 0.192 e. The first-order valence-corrected chi connectivity index (χ1v) is 30.5. The monoisotopic (exact) mass is 907 g/mol. The van der Waals surface area contributed by atoms with Crippen molar-refractivity contribution < 1.29 is 45.7 Å². The fourth-order valence-electron chi connectivity index (χ4n) is 8.77. The molecule has 0 spiro atoms. The number of benzene rings is 1. The van der Waals surface area contributed by atoms with E-state index >= 15 is 0 Å². The molecule has 4 saturated heterocycles. The van der Waals surface area contributed by atoms with Gasteiger partial charge in [-0.2, -0.15) is 0 Å². The lowest BCUT2D eigenvalue weighted by Crippen LogP contribution is -2.49. The zero-order chi connectivity index (χ0) is 45.1. The zero-order valence-electron chi connectivity index (χ0n) is 40.1. The molecule has 0 amide bonds. The van der Waals surface area contributed by atoms with Crippen molar-refractivity contribution >= 4 is 26.5 Å². The van der Waals surface area contributed by atoms with Crippen molar-refractivity contribution in [1.29, 1.82) is 0 Å². The van der Waals surface area contributed by atoms with Gasteiger partial charge in [0.25, 0.3) is 0 Å². The Balaban J connectivity index is 1.35. The van der Waals surface area contributed by atoms with Gasteiger partial charge in [0.1, 0.15) is 0 Å². The van der Waals surface area contributed by atoms with Crippen molar-refractivity contribution in [1.82, 2.24) is 0 Å². The van der Waals surface area contributed by atoms with Crippen LogP contribution in [0.3, 0.4) is 0 Å². The number of hydrogen-bond donors (Lipinski definition) is 0. The maximum absolute atomic E-state index is 14.2. The summed E-state index contributed by atoms with van der Waals surface area (Å²) in [7, 11) is -6.38. The summed E-state index contributed by atoms with van der Waals surface area (Å²) < 4.78 is 80.6. The average molecular weight is 907 g/mol. The van der Waals surface area contributed by atoms with Crippen molar-refractivity contribution in [3.8, 4) is 0 Å². The van der Waals surface area contributed by atoms with Crippen molar-refractivity contribution in [3.05, 3.63) is 54.1 Å². The van der Waals surface area contributed by atoms with Gasteiger partial charge in [-0.3, -0.25) is 0 Å². The number of methoxy groups -OCH3 is 1. The molecule has 4 heterocycles. The minimum atomic E-state index is -3.70. The second-order valence-corrected chi connectivity index (χ2v) is 33.2. The molecular formula is C48H82O10SSi2. The number of hydrogen-bond acceptors (Lipinski definition) is 10. The first-order valence-electron chi connectivity index (χ1n) is 23.0. The molecule has 0 aromatic heterocycles. The molecule has 4 aliphatic heterocycles. The molecule has 0 N–H and O–H groups in total. The average Bonchev–Trinajstić information content (AvgIpc) is 3.88. The Kier molecular flexibility index (Phi) is 17.1. The van der Waals surface area contributed by atoms with Gasteiger partial charge >= 0.3 is 0 Å². The summed E-state index contributed by atoms with van der Waals surface area (Å²) >= 11 is 0. The second kappa shape index (κ2) is 20.5. The molecule has 0 saturated carbocycles. The molecule has 61 heavy (non-hydrogen) atoms. The fraction of sp³-hybridized carbons (Fsp3) is 0.792. The largest absolute Gasteiger partial charge is 0.414 e.